The Morgan fingerprint density at radius 2 is 1.79 bits per heavy atom. The number of amides is 2. The molecule has 238 valence electrons. The van der Waals surface area contributed by atoms with Crippen LogP contribution in [0.1, 0.15) is 45.5 Å². The van der Waals surface area contributed by atoms with Crippen molar-refractivity contribution in [3.05, 3.63) is 130 Å². The fraction of sp³-hybridized carbons (Fsp3) is 0.182. The first-order valence-corrected chi connectivity index (χ1v) is 15.5. The van der Waals surface area contributed by atoms with E-state index in [0.717, 1.165) is 39.9 Å². The van der Waals surface area contributed by atoms with Crippen LogP contribution in [0.25, 0.3) is 5.69 Å². The summed E-state index contributed by atoms with van der Waals surface area (Å²) in [5, 5.41) is 29.2. The SMILES string of the molecule is COc1ccc(C2=NN(C(=O)CSc3nnc(CNC(=O)c4ccco4)n3-c3ccc([N+](=O)[O-])cc3)[C@@H](c3ccc(C)cc3)C2)cc1. The Labute approximate surface area is 273 Å². The summed E-state index contributed by atoms with van der Waals surface area (Å²) in [4.78, 5) is 37.2. The van der Waals surface area contributed by atoms with Crippen LogP contribution < -0.4 is 10.1 Å². The quantitative estimate of drug-likeness (QED) is 0.111. The molecule has 13 nitrogen and oxygen atoms in total. The number of rotatable bonds is 11. The van der Waals surface area contributed by atoms with Gasteiger partial charge < -0.3 is 14.5 Å². The lowest BCUT2D eigenvalue weighted by Gasteiger charge is -2.22. The number of thioether (sulfide) groups is 1. The number of carbonyl (C=O) groups is 2. The second-order valence-corrected chi connectivity index (χ2v) is 11.5. The van der Waals surface area contributed by atoms with Crippen molar-refractivity contribution in [2.75, 3.05) is 12.9 Å². The zero-order valence-corrected chi connectivity index (χ0v) is 26.2. The van der Waals surface area contributed by atoms with E-state index in [1.54, 1.807) is 29.9 Å². The third-order valence-electron chi connectivity index (χ3n) is 7.55. The Balaban J connectivity index is 1.26. The Hall–Kier alpha value is -5.76. The second kappa shape index (κ2) is 13.7. The highest BCUT2D eigenvalue weighted by atomic mass is 32.2. The highest BCUT2D eigenvalue weighted by Gasteiger charge is 2.33. The molecule has 0 saturated heterocycles. The van der Waals surface area contributed by atoms with E-state index in [2.05, 4.69) is 15.5 Å². The van der Waals surface area contributed by atoms with Crippen LogP contribution in [0.2, 0.25) is 0 Å². The highest BCUT2D eigenvalue weighted by molar-refractivity contribution is 7.99. The van der Waals surface area contributed by atoms with Crippen molar-refractivity contribution in [1.29, 1.82) is 0 Å². The molecule has 2 amide bonds. The van der Waals surface area contributed by atoms with Gasteiger partial charge >= 0.3 is 0 Å². The fourth-order valence-corrected chi connectivity index (χ4v) is 5.91. The summed E-state index contributed by atoms with van der Waals surface area (Å²) in [5.41, 5.74) is 4.19. The molecule has 0 unspecified atom stereocenters. The van der Waals surface area contributed by atoms with E-state index in [9.17, 15) is 19.7 Å². The van der Waals surface area contributed by atoms with Crippen molar-refractivity contribution in [3.8, 4) is 11.4 Å². The van der Waals surface area contributed by atoms with Gasteiger partial charge in [-0.05, 0) is 66.6 Å². The molecule has 5 aromatic rings. The molecule has 14 heteroatoms. The van der Waals surface area contributed by atoms with Gasteiger partial charge in [0.25, 0.3) is 17.5 Å². The number of nitrogens with zero attached hydrogens (tertiary/aromatic N) is 6. The summed E-state index contributed by atoms with van der Waals surface area (Å²) in [7, 11) is 1.61. The zero-order chi connectivity index (χ0) is 32.9. The molecule has 1 aliphatic rings. The summed E-state index contributed by atoms with van der Waals surface area (Å²) >= 11 is 1.15. The van der Waals surface area contributed by atoms with Gasteiger partial charge in [0.1, 0.15) is 5.75 Å². The lowest BCUT2D eigenvalue weighted by atomic mass is 9.97. The minimum atomic E-state index is -0.490. The maximum atomic E-state index is 13.8. The minimum absolute atomic E-state index is 0.0187. The highest BCUT2D eigenvalue weighted by Crippen LogP contribution is 2.34. The monoisotopic (exact) mass is 651 g/mol. The topological polar surface area (TPSA) is 158 Å². The fourth-order valence-electron chi connectivity index (χ4n) is 5.08. The van der Waals surface area contributed by atoms with Crippen LogP contribution in [0.4, 0.5) is 5.69 Å². The number of non-ortho nitro benzene ring substituents is 1. The van der Waals surface area contributed by atoms with E-state index in [1.165, 1.54) is 29.5 Å². The van der Waals surface area contributed by atoms with Crippen LogP contribution in [-0.4, -0.2) is 55.1 Å². The number of carbonyl (C=O) groups excluding carboxylic acids is 2. The summed E-state index contributed by atoms with van der Waals surface area (Å²) in [6, 6.07) is 24.3. The molecule has 0 radical (unpaired) electrons. The Morgan fingerprint density at radius 3 is 2.45 bits per heavy atom. The maximum absolute atomic E-state index is 13.8. The predicted octanol–water partition coefficient (Wildman–Crippen LogP) is 5.49. The first kappa shape index (κ1) is 31.2. The number of furan rings is 1. The van der Waals surface area contributed by atoms with Gasteiger partial charge in [0.15, 0.2) is 16.7 Å². The summed E-state index contributed by atoms with van der Waals surface area (Å²) in [6.45, 7) is 1.99. The van der Waals surface area contributed by atoms with Gasteiger partial charge in [0, 0.05) is 24.2 Å². The van der Waals surface area contributed by atoms with E-state index in [4.69, 9.17) is 14.3 Å². The van der Waals surface area contributed by atoms with E-state index in [1.807, 2.05) is 55.5 Å². The molecule has 1 aliphatic heterocycles. The van der Waals surface area contributed by atoms with Crippen LogP contribution in [0, 0.1) is 17.0 Å². The summed E-state index contributed by atoms with van der Waals surface area (Å²) < 4.78 is 12.1. The Kier molecular flexibility index (Phi) is 9.11. The lowest BCUT2D eigenvalue weighted by Crippen LogP contribution is -2.28. The number of hydrogen-bond donors (Lipinski definition) is 1. The summed E-state index contributed by atoms with van der Waals surface area (Å²) in [6.07, 6.45) is 1.93. The van der Waals surface area contributed by atoms with Gasteiger partial charge in [0.2, 0.25) is 0 Å². The van der Waals surface area contributed by atoms with E-state index in [-0.39, 0.29) is 35.7 Å². The van der Waals surface area contributed by atoms with Crippen molar-refractivity contribution >= 4 is 35.0 Å². The number of hydrogen-bond acceptors (Lipinski definition) is 10. The average molecular weight is 652 g/mol. The standard InChI is InChI=1S/C33H29N7O6S/c1-21-5-7-23(8-6-21)28-18-27(22-9-15-26(45-2)16-10-22)37-39(28)31(41)20-47-33-36-35-30(19-34-32(42)29-4-3-17-46-29)38(33)24-11-13-25(14-12-24)40(43)44/h3-17,28H,18-20H2,1-2H3,(H,34,42)/t28-/m1/s1. The first-order chi connectivity index (χ1) is 22.8. The number of nitro benzene ring substituents is 1. The van der Waals surface area contributed by atoms with Gasteiger partial charge in [-0.15, -0.1) is 10.2 Å². The van der Waals surface area contributed by atoms with Crippen LogP contribution >= 0.6 is 11.8 Å². The van der Waals surface area contributed by atoms with E-state index < -0.39 is 10.8 Å². The number of benzene rings is 3. The number of nitro groups is 1. The molecular weight excluding hydrogens is 622 g/mol. The predicted molar refractivity (Wildman–Crippen MR) is 174 cm³/mol. The average Bonchev–Trinajstić information content (AvgIpc) is 3.87. The lowest BCUT2D eigenvalue weighted by molar-refractivity contribution is -0.384. The number of hydrazone groups is 1. The van der Waals surface area contributed by atoms with Crippen LogP contribution in [0.3, 0.4) is 0 Å². The molecule has 3 aromatic carbocycles. The van der Waals surface area contributed by atoms with Gasteiger partial charge in [-0.3, -0.25) is 24.3 Å². The van der Waals surface area contributed by atoms with E-state index in [0.29, 0.717) is 23.1 Å². The van der Waals surface area contributed by atoms with Crippen molar-refractivity contribution in [1.82, 2.24) is 25.1 Å². The molecule has 0 spiro atoms. The second-order valence-electron chi connectivity index (χ2n) is 10.6. The number of methoxy groups -OCH3 is 1. The largest absolute Gasteiger partial charge is 0.497 e. The third kappa shape index (κ3) is 6.92. The Morgan fingerprint density at radius 1 is 1.04 bits per heavy atom. The number of ether oxygens (including phenoxy) is 1. The van der Waals surface area contributed by atoms with Crippen molar-refractivity contribution < 1.29 is 23.7 Å². The third-order valence-corrected chi connectivity index (χ3v) is 8.46. The van der Waals surface area contributed by atoms with Crippen molar-refractivity contribution in [3.63, 3.8) is 0 Å². The van der Waals surface area contributed by atoms with Crippen molar-refractivity contribution in [2.24, 2.45) is 5.10 Å². The molecule has 0 bridgehead atoms. The maximum Gasteiger partial charge on any atom is 0.287 e. The molecule has 1 atom stereocenters. The molecule has 0 saturated carbocycles. The van der Waals surface area contributed by atoms with Crippen LogP contribution in [-0.2, 0) is 11.3 Å². The zero-order valence-electron chi connectivity index (χ0n) is 25.4. The van der Waals surface area contributed by atoms with Crippen LogP contribution in [0.15, 0.2) is 106 Å². The summed E-state index contributed by atoms with van der Waals surface area (Å²) in [5.74, 6) is 0.506. The van der Waals surface area contributed by atoms with Gasteiger partial charge in [0.05, 0.1) is 42.3 Å². The smallest absolute Gasteiger partial charge is 0.287 e. The molecule has 3 heterocycles. The molecule has 0 aliphatic carbocycles. The molecular formula is C33H29N7O6S. The molecule has 1 N–H and O–H groups in total. The number of aryl methyl sites for hydroxylation is 1. The molecule has 2 aromatic heterocycles. The molecule has 6 rings (SSSR count). The minimum Gasteiger partial charge on any atom is -0.497 e. The first-order valence-electron chi connectivity index (χ1n) is 14.5. The van der Waals surface area contributed by atoms with Gasteiger partial charge in [-0.25, -0.2) is 5.01 Å². The number of aromatic nitrogens is 3. The number of nitrogens with one attached hydrogen (secondary N) is 1. The molecule has 47 heavy (non-hydrogen) atoms. The van der Waals surface area contributed by atoms with E-state index >= 15 is 0 Å². The van der Waals surface area contributed by atoms with Gasteiger partial charge in [-0.2, -0.15) is 5.10 Å². The van der Waals surface area contributed by atoms with Crippen LogP contribution in [0.5, 0.6) is 5.75 Å². The van der Waals surface area contributed by atoms with Gasteiger partial charge in [-0.1, -0.05) is 41.6 Å². The van der Waals surface area contributed by atoms with Crippen molar-refractivity contribution in [2.45, 2.75) is 31.1 Å². The molecule has 0 fully saturated rings. The normalized spacial score (nSPS) is 14.1. The Bertz CT molecular complexity index is 1920.